The van der Waals surface area contributed by atoms with E-state index in [1.54, 1.807) is 19.3 Å². The molecule has 0 radical (unpaired) electrons. The first-order chi connectivity index (χ1) is 16.7. The molecule has 4 unspecified atom stereocenters. The van der Waals surface area contributed by atoms with Crippen molar-refractivity contribution in [2.45, 2.75) is 84.3 Å². The van der Waals surface area contributed by atoms with E-state index in [-0.39, 0.29) is 29.1 Å². The van der Waals surface area contributed by atoms with Crippen molar-refractivity contribution in [2.24, 2.45) is 33.7 Å². The molecule has 1 amide bonds. The lowest BCUT2D eigenvalue weighted by Crippen LogP contribution is -2.57. The molecule has 2 N–H and O–H groups in total. The molecule has 3 fully saturated rings. The third-order valence-corrected chi connectivity index (χ3v) is 10.1. The summed E-state index contributed by atoms with van der Waals surface area (Å²) >= 11 is 0. The van der Waals surface area contributed by atoms with Gasteiger partial charge in [0.1, 0.15) is 11.4 Å². The van der Waals surface area contributed by atoms with Gasteiger partial charge in [0, 0.05) is 5.41 Å². The van der Waals surface area contributed by atoms with Gasteiger partial charge in [-0.1, -0.05) is 24.6 Å². The number of allylic oxidation sites excluding steroid dienone is 2. The average Bonchev–Trinajstić information content (AvgIpc) is 3.44. The molecule has 4 aliphatic carbocycles. The Morgan fingerprint density at radius 1 is 1.17 bits per heavy atom. The van der Waals surface area contributed by atoms with Gasteiger partial charge < -0.3 is 19.7 Å². The number of rotatable bonds is 6. The largest absolute Gasteiger partial charge is 0.467 e. The summed E-state index contributed by atoms with van der Waals surface area (Å²) in [5, 5.41) is 18.4. The summed E-state index contributed by atoms with van der Waals surface area (Å²) in [6.45, 7) is 6.36. The number of carbonyl (C=O) groups is 2. The predicted octanol–water partition coefficient (Wildman–Crippen LogP) is 4.55. The van der Waals surface area contributed by atoms with Gasteiger partial charge in [-0.15, -0.1) is 0 Å². The summed E-state index contributed by atoms with van der Waals surface area (Å²) in [6, 6.07) is 3.59. The monoisotopic (exact) mass is 482 g/mol. The zero-order valence-corrected chi connectivity index (χ0v) is 21.1. The fourth-order valence-corrected chi connectivity index (χ4v) is 8.06. The predicted molar refractivity (Wildman–Crippen MR) is 131 cm³/mol. The zero-order chi connectivity index (χ0) is 24.8. The first-order valence-electron chi connectivity index (χ1n) is 13.1. The normalized spacial score (nSPS) is 39.3. The van der Waals surface area contributed by atoms with Gasteiger partial charge >= 0.3 is 0 Å². The lowest BCUT2D eigenvalue weighted by molar-refractivity contribution is -0.159. The fourth-order valence-electron chi connectivity index (χ4n) is 8.06. The molecule has 0 aliphatic heterocycles. The summed E-state index contributed by atoms with van der Waals surface area (Å²) in [4.78, 5) is 29.8. The number of amides is 1. The number of hydrogen-bond donors (Lipinski definition) is 2. The Hall–Kier alpha value is -2.41. The highest BCUT2D eigenvalue weighted by Crippen LogP contribution is 2.67. The Morgan fingerprint density at radius 2 is 1.97 bits per heavy atom. The van der Waals surface area contributed by atoms with Crippen LogP contribution in [-0.4, -0.2) is 34.7 Å². The van der Waals surface area contributed by atoms with Crippen LogP contribution in [0.2, 0.25) is 0 Å². The number of oxime groups is 1. The van der Waals surface area contributed by atoms with Crippen LogP contribution in [0.5, 0.6) is 0 Å². The molecule has 1 aromatic heterocycles. The highest BCUT2D eigenvalue weighted by Gasteiger charge is 2.65. The zero-order valence-electron chi connectivity index (χ0n) is 21.1. The minimum absolute atomic E-state index is 0.0586. The number of nitrogens with zero attached hydrogens (tertiary/aromatic N) is 1. The fraction of sp³-hybridized carbons (Fsp3) is 0.679. The van der Waals surface area contributed by atoms with E-state index in [0.717, 1.165) is 50.7 Å². The van der Waals surface area contributed by atoms with Gasteiger partial charge in [-0.25, -0.2) is 0 Å². The number of carbonyl (C=O) groups excluding carboxylic acids is 2. The molecule has 0 saturated heterocycles. The molecule has 0 aromatic carbocycles. The van der Waals surface area contributed by atoms with Crippen molar-refractivity contribution in [2.75, 3.05) is 6.61 Å². The van der Waals surface area contributed by atoms with Crippen molar-refractivity contribution in [3.8, 4) is 0 Å². The Kier molecular flexibility index (Phi) is 6.19. The van der Waals surface area contributed by atoms with Gasteiger partial charge in [-0.3, -0.25) is 9.59 Å². The molecule has 0 spiro atoms. The van der Waals surface area contributed by atoms with Crippen LogP contribution in [0.25, 0.3) is 0 Å². The summed E-state index contributed by atoms with van der Waals surface area (Å²) < 4.78 is 5.21. The number of ketones is 1. The maximum Gasteiger partial charge on any atom is 0.261 e. The second-order valence-corrected chi connectivity index (χ2v) is 11.6. The minimum atomic E-state index is -1.16. The van der Waals surface area contributed by atoms with E-state index in [4.69, 9.17) is 9.25 Å². The van der Waals surface area contributed by atoms with Crippen LogP contribution in [0.4, 0.5) is 0 Å². The maximum atomic E-state index is 12.4. The Labute approximate surface area is 207 Å². The van der Waals surface area contributed by atoms with Crippen LogP contribution >= 0.6 is 0 Å². The van der Waals surface area contributed by atoms with E-state index in [0.29, 0.717) is 36.5 Å². The van der Waals surface area contributed by atoms with Crippen molar-refractivity contribution in [1.82, 2.24) is 5.32 Å². The molecule has 7 nitrogen and oxygen atoms in total. The SMILES string of the molecule is CC(=O)C1(O)CCC2C3CCC4=C/C(=N/OCC(=O)NCc5ccco5)CC[C@]4(C)C3CC[C@@]21C. The van der Waals surface area contributed by atoms with E-state index in [2.05, 4.69) is 30.4 Å². The van der Waals surface area contributed by atoms with Crippen molar-refractivity contribution in [3.05, 3.63) is 35.8 Å². The highest BCUT2D eigenvalue weighted by atomic mass is 16.6. The second kappa shape index (κ2) is 8.91. The van der Waals surface area contributed by atoms with Gasteiger partial charge in [0.15, 0.2) is 12.4 Å². The van der Waals surface area contributed by atoms with E-state index < -0.39 is 5.60 Å². The third-order valence-electron chi connectivity index (χ3n) is 10.1. The van der Waals surface area contributed by atoms with Crippen molar-refractivity contribution in [3.63, 3.8) is 0 Å². The molecule has 1 aromatic rings. The number of aliphatic hydroxyl groups is 1. The van der Waals surface area contributed by atoms with E-state index in [1.807, 2.05) is 6.07 Å². The maximum absolute atomic E-state index is 12.4. The van der Waals surface area contributed by atoms with E-state index >= 15 is 0 Å². The smallest absolute Gasteiger partial charge is 0.261 e. The number of hydrogen-bond acceptors (Lipinski definition) is 6. The summed E-state index contributed by atoms with van der Waals surface area (Å²) in [5.41, 5.74) is 1.01. The first-order valence-corrected chi connectivity index (χ1v) is 13.1. The standard InChI is InChI=1S/C28H38N2O5/c1-18(31)28(33)13-10-24-22-7-6-19-15-20(8-11-26(19,2)23(22)9-12-27(24,28)3)30-35-17-25(32)29-16-21-5-4-14-34-21/h4-5,14-15,22-24,33H,6-13,16-17H2,1-3H3,(H,29,32)/b30-20+/t22?,23?,24?,26-,27-,28?/m0/s1. The second-order valence-electron chi connectivity index (χ2n) is 11.6. The third kappa shape index (κ3) is 3.96. The van der Waals surface area contributed by atoms with Gasteiger partial charge in [0.05, 0.1) is 18.5 Å². The van der Waals surface area contributed by atoms with Crippen LogP contribution < -0.4 is 5.32 Å². The van der Waals surface area contributed by atoms with Gasteiger partial charge in [-0.05, 0) is 99.7 Å². The molecule has 190 valence electrons. The summed E-state index contributed by atoms with van der Waals surface area (Å²) in [7, 11) is 0. The quantitative estimate of drug-likeness (QED) is 0.579. The minimum Gasteiger partial charge on any atom is -0.467 e. The van der Waals surface area contributed by atoms with Crippen LogP contribution in [0.3, 0.4) is 0 Å². The van der Waals surface area contributed by atoms with Crippen LogP contribution in [-0.2, 0) is 21.0 Å². The molecule has 1 heterocycles. The lowest BCUT2D eigenvalue weighted by Gasteiger charge is -2.59. The molecule has 3 saturated carbocycles. The first kappa shape index (κ1) is 24.3. The highest BCUT2D eigenvalue weighted by molar-refractivity contribution is 5.96. The number of fused-ring (bicyclic) bond motifs is 5. The van der Waals surface area contributed by atoms with Crippen LogP contribution in [0.15, 0.2) is 39.6 Å². The van der Waals surface area contributed by atoms with Crippen molar-refractivity contribution < 1.29 is 24.0 Å². The molecule has 0 bridgehead atoms. The summed E-state index contributed by atoms with van der Waals surface area (Å²) in [5.74, 6) is 1.94. The molecule has 35 heavy (non-hydrogen) atoms. The van der Waals surface area contributed by atoms with Gasteiger partial charge in [0.25, 0.3) is 5.91 Å². The van der Waals surface area contributed by atoms with Crippen LogP contribution in [0.1, 0.15) is 77.9 Å². The Balaban J connectivity index is 1.23. The number of Topliss-reactive ketones (excluding diaryl/α,β-unsaturated/α-hetero) is 1. The number of furan rings is 1. The summed E-state index contributed by atoms with van der Waals surface area (Å²) in [6.07, 6.45) is 11.3. The number of nitrogens with one attached hydrogen (secondary N) is 1. The lowest BCUT2D eigenvalue weighted by atomic mass is 9.46. The topological polar surface area (TPSA) is 101 Å². The molecule has 6 atom stereocenters. The Bertz CT molecular complexity index is 1050. The molecule has 7 heteroatoms. The molecular weight excluding hydrogens is 444 g/mol. The molecule has 4 aliphatic rings. The Morgan fingerprint density at radius 3 is 2.71 bits per heavy atom. The molecule has 5 rings (SSSR count). The molecular formula is C28H38N2O5. The average molecular weight is 483 g/mol. The van der Waals surface area contributed by atoms with Crippen molar-refractivity contribution in [1.29, 1.82) is 0 Å². The van der Waals surface area contributed by atoms with E-state index in [1.165, 1.54) is 5.57 Å². The van der Waals surface area contributed by atoms with Crippen molar-refractivity contribution >= 4 is 17.4 Å². The van der Waals surface area contributed by atoms with Crippen LogP contribution in [0, 0.1) is 28.6 Å². The van der Waals surface area contributed by atoms with Gasteiger partial charge in [0.2, 0.25) is 0 Å². The van der Waals surface area contributed by atoms with Gasteiger partial charge in [-0.2, -0.15) is 0 Å². The van der Waals surface area contributed by atoms with E-state index in [9.17, 15) is 14.7 Å².